The Morgan fingerprint density at radius 1 is 0.545 bits per heavy atom. The van der Waals surface area contributed by atoms with Crippen LogP contribution in [0.4, 0.5) is 0 Å². The van der Waals surface area contributed by atoms with E-state index in [0.717, 1.165) is 11.4 Å². The van der Waals surface area contributed by atoms with E-state index >= 15 is 0 Å². The van der Waals surface area contributed by atoms with Gasteiger partial charge in [0.1, 0.15) is 0 Å². The molecule has 0 atom stereocenters. The molecule has 0 aliphatic carbocycles. The molecule has 0 saturated carbocycles. The predicted molar refractivity (Wildman–Crippen MR) is 91.2 cm³/mol. The van der Waals surface area contributed by atoms with Crippen LogP contribution in [0.3, 0.4) is 0 Å². The Kier molecular flexibility index (Phi) is 2.25. The molecule has 5 aromatic rings. The molecule has 1 heterocycles. The Balaban J connectivity index is 2.02. The van der Waals surface area contributed by atoms with Crippen LogP contribution in [0.15, 0.2) is 73.1 Å². The van der Waals surface area contributed by atoms with Crippen LogP contribution in [0.25, 0.3) is 43.7 Å². The van der Waals surface area contributed by atoms with E-state index in [1.807, 2.05) is 6.07 Å². The lowest BCUT2D eigenvalue weighted by Crippen LogP contribution is -1.90. The van der Waals surface area contributed by atoms with Crippen molar-refractivity contribution in [2.24, 2.45) is 0 Å². The zero-order chi connectivity index (χ0) is 14.5. The summed E-state index contributed by atoms with van der Waals surface area (Å²) in [5.74, 6) is 0.778. The average Bonchev–Trinajstić information content (AvgIpc) is 2.60. The largest absolute Gasteiger partial charge is 0.237 e. The van der Waals surface area contributed by atoms with Crippen molar-refractivity contribution in [2.75, 3.05) is 0 Å². The van der Waals surface area contributed by atoms with Crippen LogP contribution in [-0.4, -0.2) is 9.97 Å². The van der Waals surface area contributed by atoms with Crippen LogP contribution in [0.2, 0.25) is 0 Å². The van der Waals surface area contributed by atoms with Gasteiger partial charge in [-0.05, 0) is 44.5 Å². The molecule has 2 heteroatoms. The molecule has 0 fully saturated rings. The number of hydrogen-bond acceptors (Lipinski definition) is 2. The summed E-state index contributed by atoms with van der Waals surface area (Å²) in [6.45, 7) is 0. The monoisotopic (exact) mass is 280 g/mol. The van der Waals surface area contributed by atoms with Crippen molar-refractivity contribution >= 4 is 32.3 Å². The quantitative estimate of drug-likeness (QED) is 0.402. The van der Waals surface area contributed by atoms with Gasteiger partial charge in [-0.25, -0.2) is 9.97 Å². The number of aromatic nitrogens is 2. The van der Waals surface area contributed by atoms with Gasteiger partial charge < -0.3 is 0 Å². The number of benzene rings is 4. The first-order valence-corrected chi connectivity index (χ1v) is 7.36. The SMILES string of the molecule is c1cnc(-c2ccc3ccc4cccc5ccc2c3c45)nc1. The molecular weight excluding hydrogens is 268 g/mol. The standard InChI is InChI=1S/C20H12N2/c1-3-13-5-6-15-8-10-17(20-21-11-2-12-22-20)16-9-7-14(4-1)18(13)19(15)16/h1-12H. The van der Waals surface area contributed by atoms with Crippen LogP contribution in [-0.2, 0) is 0 Å². The Bertz CT molecular complexity index is 1100. The summed E-state index contributed by atoms with van der Waals surface area (Å²) in [4.78, 5) is 8.84. The first kappa shape index (κ1) is 11.6. The highest BCUT2D eigenvalue weighted by Gasteiger charge is 2.12. The Labute approximate surface area is 127 Å². The fourth-order valence-corrected chi connectivity index (χ4v) is 3.37. The van der Waals surface area contributed by atoms with Gasteiger partial charge in [0.05, 0.1) is 0 Å². The summed E-state index contributed by atoms with van der Waals surface area (Å²) < 4.78 is 0. The second kappa shape index (κ2) is 4.25. The van der Waals surface area contributed by atoms with Gasteiger partial charge in [-0.15, -0.1) is 0 Å². The van der Waals surface area contributed by atoms with Crippen LogP contribution >= 0.6 is 0 Å². The van der Waals surface area contributed by atoms with Gasteiger partial charge in [0.2, 0.25) is 0 Å². The lowest BCUT2D eigenvalue weighted by molar-refractivity contribution is 1.18. The average molecular weight is 280 g/mol. The molecule has 0 amide bonds. The lowest BCUT2D eigenvalue weighted by atomic mass is 9.92. The highest BCUT2D eigenvalue weighted by atomic mass is 14.8. The molecule has 2 nitrogen and oxygen atoms in total. The van der Waals surface area contributed by atoms with Crippen LogP contribution in [0.1, 0.15) is 0 Å². The topological polar surface area (TPSA) is 25.8 Å². The molecule has 1 aromatic heterocycles. The lowest BCUT2D eigenvalue weighted by Gasteiger charge is -2.13. The fourth-order valence-electron chi connectivity index (χ4n) is 3.37. The zero-order valence-corrected chi connectivity index (χ0v) is 11.8. The smallest absolute Gasteiger partial charge is 0.159 e. The number of rotatable bonds is 1. The van der Waals surface area contributed by atoms with Crippen molar-refractivity contribution in [2.45, 2.75) is 0 Å². The van der Waals surface area contributed by atoms with E-state index in [-0.39, 0.29) is 0 Å². The Hall–Kier alpha value is -3.00. The highest BCUT2D eigenvalue weighted by Crippen LogP contribution is 2.38. The molecule has 0 radical (unpaired) electrons. The van der Waals surface area contributed by atoms with Crippen molar-refractivity contribution in [1.29, 1.82) is 0 Å². The second-order valence-electron chi connectivity index (χ2n) is 5.54. The van der Waals surface area contributed by atoms with Gasteiger partial charge in [-0.1, -0.05) is 48.5 Å². The van der Waals surface area contributed by atoms with E-state index in [0.29, 0.717) is 0 Å². The minimum atomic E-state index is 0.778. The van der Waals surface area contributed by atoms with Crippen molar-refractivity contribution in [3.8, 4) is 11.4 Å². The third-order valence-corrected chi connectivity index (χ3v) is 4.34. The van der Waals surface area contributed by atoms with E-state index in [4.69, 9.17) is 0 Å². The zero-order valence-electron chi connectivity index (χ0n) is 11.8. The van der Waals surface area contributed by atoms with Crippen LogP contribution in [0.5, 0.6) is 0 Å². The Morgan fingerprint density at radius 2 is 1.18 bits per heavy atom. The van der Waals surface area contributed by atoms with Gasteiger partial charge in [0.15, 0.2) is 5.82 Å². The number of hydrogen-bond donors (Lipinski definition) is 0. The van der Waals surface area contributed by atoms with Crippen molar-refractivity contribution < 1.29 is 0 Å². The number of nitrogens with zero attached hydrogens (tertiary/aromatic N) is 2. The minimum absolute atomic E-state index is 0.778. The van der Waals surface area contributed by atoms with Crippen molar-refractivity contribution in [3.05, 3.63) is 73.1 Å². The van der Waals surface area contributed by atoms with Crippen LogP contribution in [0, 0.1) is 0 Å². The molecule has 0 aliphatic heterocycles. The van der Waals surface area contributed by atoms with Gasteiger partial charge in [0.25, 0.3) is 0 Å². The first-order valence-electron chi connectivity index (χ1n) is 7.36. The van der Waals surface area contributed by atoms with Crippen molar-refractivity contribution in [3.63, 3.8) is 0 Å². The first-order chi connectivity index (χ1) is 10.9. The van der Waals surface area contributed by atoms with Gasteiger partial charge >= 0.3 is 0 Å². The third kappa shape index (κ3) is 1.49. The maximum atomic E-state index is 4.42. The minimum Gasteiger partial charge on any atom is -0.237 e. The molecule has 102 valence electrons. The predicted octanol–water partition coefficient (Wildman–Crippen LogP) is 5.04. The maximum Gasteiger partial charge on any atom is 0.159 e. The summed E-state index contributed by atoms with van der Waals surface area (Å²) in [6, 6.07) is 21.4. The normalized spacial score (nSPS) is 11.6. The molecule has 0 unspecified atom stereocenters. The highest BCUT2D eigenvalue weighted by molar-refractivity contribution is 6.25. The van der Waals surface area contributed by atoms with Gasteiger partial charge in [-0.3, -0.25) is 0 Å². The summed E-state index contributed by atoms with van der Waals surface area (Å²) in [5, 5.41) is 7.67. The van der Waals surface area contributed by atoms with Gasteiger partial charge in [-0.2, -0.15) is 0 Å². The van der Waals surface area contributed by atoms with E-state index in [1.165, 1.54) is 32.3 Å². The van der Waals surface area contributed by atoms with E-state index < -0.39 is 0 Å². The molecule has 5 rings (SSSR count). The second-order valence-corrected chi connectivity index (χ2v) is 5.54. The van der Waals surface area contributed by atoms with E-state index in [9.17, 15) is 0 Å². The molecule has 0 aliphatic rings. The molecule has 22 heavy (non-hydrogen) atoms. The van der Waals surface area contributed by atoms with Crippen molar-refractivity contribution in [1.82, 2.24) is 9.97 Å². The summed E-state index contributed by atoms with van der Waals surface area (Å²) in [6.07, 6.45) is 3.58. The molecule has 0 bridgehead atoms. The molecular formula is C20H12N2. The van der Waals surface area contributed by atoms with Gasteiger partial charge in [0, 0.05) is 18.0 Å². The maximum absolute atomic E-state index is 4.42. The molecule has 0 N–H and O–H groups in total. The summed E-state index contributed by atoms with van der Waals surface area (Å²) in [5.41, 5.74) is 1.09. The fraction of sp³-hybridized carbons (Fsp3) is 0. The van der Waals surface area contributed by atoms with E-state index in [2.05, 4.69) is 64.6 Å². The summed E-state index contributed by atoms with van der Waals surface area (Å²) >= 11 is 0. The van der Waals surface area contributed by atoms with Crippen LogP contribution < -0.4 is 0 Å². The van der Waals surface area contributed by atoms with E-state index in [1.54, 1.807) is 12.4 Å². The Morgan fingerprint density at radius 3 is 1.95 bits per heavy atom. The molecule has 0 saturated heterocycles. The summed E-state index contributed by atoms with van der Waals surface area (Å²) in [7, 11) is 0. The molecule has 4 aromatic carbocycles. The molecule has 0 spiro atoms. The third-order valence-electron chi connectivity index (χ3n) is 4.34.